The lowest BCUT2D eigenvalue weighted by Gasteiger charge is -2.33. The first-order valence-electron chi connectivity index (χ1n) is 9.12. The van der Waals surface area contributed by atoms with Crippen LogP contribution in [0.1, 0.15) is 38.2 Å². The summed E-state index contributed by atoms with van der Waals surface area (Å²) in [6.07, 6.45) is 3.63. The number of rotatable bonds is 2. The first kappa shape index (κ1) is 17.0. The van der Waals surface area contributed by atoms with Gasteiger partial charge < -0.3 is 10.2 Å². The standard InChI is InChI=1S/C19H22FN3O3/c1-12-4-7-19(8-5-12)17(25)23(18(26)21-19)11-16(24)22-9-6-13-2-3-14(20)10-15(13)22/h2-3,10,12H,4-9,11H2,1H3,(H,21,26). The van der Waals surface area contributed by atoms with Crippen LogP contribution in [0.15, 0.2) is 18.2 Å². The summed E-state index contributed by atoms with van der Waals surface area (Å²) in [6, 6.07) is 3.87. The van der Waals surface area contributed by atoms with Gasteiger partial charge in [0.1, 0.15) is 17.9 Å². The molecule has 2 fully saturated rings. The van der Waals surface area contributed by atoms with E-state index in [4.69, 9.17) is 0 Å². The molecule has 2 aliphatic heterocycles. The summed E-state index contributed by atoms with van der Waals surface area (Å²) in [5, 5.41) is 2.82. The van der Waals surface area contributed by atoms with Crippen LogP contribution in [-0.2, 0) is 16.0 Å². The Balaban J connectivity index is 1.50. The summed E-state index contributed by atoms with van der Waals surface area (Å²) in [6.45, 7) is 2.27. The molecule has 1 aromatic carbocycles. The molecule has 1 saturated heterocycles. The number of benzene rings is 1. The number of nitrogens with one attached hydrogen (secondary N) is 1. The molecule has 7 heteroatoms. The van der Waals surface area contributed by atoms with Crippen LogP contribution >= 0.6 is 0 Å². The Bertz CT molecular complexity index is 786. The third kappa shape index (κ3) is 2.66. The van der Waals surface area contributed by atoms with Gasteiger partial charge in [-0.15, -0.1) is 0 Å². The predicted octanol–water partition coefficient (Wildman–Crippen LogP) is 2.22. The Morgan fingerprint density at radius 3 is 2.77 bits per heavy atom. The van der Waals surface area contributed by atoms with Crippen molar-refractivity contribution >= 4 is 23.5 Å². The lowest BCUT2D eigenvalue weighted by atomic mass is 9.77. The molecule has 1 aliphatic carbocycles. The molecule has 0 aromatic heterocycles. The highest BCUT2D eigenvalue weighted by atomic mass is 19.1. The Hall–Kier alpha value is -2.44. The lowest BCUT2D eigenvalue weighted by Crippen LogP contribution is -2.50. The van der Waals surface area contributed by atoms with E-state index in [1.165, 1.54) is 17.0 Å². The first-order valence-corrected chi connectivity index (χ1v) is 9.12. The number of carbonyl (C=O) groups is 3. The van der Waals surface area contributed by atoms with Gasteiger partial charge >= 0.3 is 6.03 Å². The third-order valence-electron chi connectivity index (χ3n) is 5.91. The van der Waals surface area contributed by atoms with Gasteiger partial charge in [-0.05, 0) is 55.7 Å². The molecule has 138 valence electrons. The van der Waals surface area contributed by atoms with Crippen LogP contribution in [-0.4, -0.2) is 41.4 Å². The van der Waals surface area contributed by atoms with Gasteiger partial charge in [-0.3, -0.25) is 14.5 Å². The lowest BCUT2D eigenvalue weighted by molar-refractivity contribution is -0.135. The van der Waals surface area contributed by atoms with Crippen molar-refractivity contribution in [2.45, 2.75) is 44.6 Å². The number of anilines is 1. The van der Waals surface area contributed by atoms with Crippen LogP contribution in [0.25, 0.3) is 0 Å². The highest BCUT2D eigenvalue weighted by Gasteiger charge is 2.52. The molecule has 3 aliphatic rings. The van der Waals surface area contributed by atoms with Gasteiger partial charge in [-0.25, -0.2) is 9.18 Å². The molecule has 1 aromatic rings. The van der Waals surface area contributed by atoms with Crippen molar-refractivity contribution in [1.29, 1.82) is 0 Å². The molecule has 4 amide bonds. The zero-order chi connectivity index (χ0) is 18.5. The quantitative estimate of drug-likeness (QED) is 0.823. The highest BCUT2D eigenvalue weighted by molar-refractivity contribution is 6.10. The number of halogens is 1. The van der Waals surface area contributed by atoms with E-state index < -0.39 is 17.4 Å². The summed E-state index contributed by atoms with van der Waals surface area (Å²) in [5.41, 5.74) is 0.580. The molecule has 1 saturated carbocycles. The molecule has 0 atom stereocenters. The number of amides is 4. The van der Waals surface area contributed by atoms with Crippen molar-refractivity contribution < 1.29 is 18.8 Å². The number of nitrogens with zero attached hydrogens (tertiary/aromatic N) is 2. The smallest absolute Gasteiger partial charge is 0.323 e. The Morgan fingerprint density at radius 2 is 2.04 bits per heavy atom. The highest BCUT2D eigenvalue weighted by Crippen LogP contribution is 2.36. The van der Waals surface area contributed by atoms with Crippen molar-refractivity contribution in [2.75, 3.05) is 18.0 Å². The summed E-state index contributed by atoms with van der Waals surface area (Å²) < 4.78 is 13.5. The van der Waals surface area contributed by atoms with Crippen LogP contribution in [0.5, 0.6) is 0 Å². The number of carbonyl (C=O) groups excluding carboxylic acids is 3. The molecule has 0 radical (unpaired) electrons. The fraction of sp³-hybridized carbons (Fsp3) is 0.526. The van der Waals surface area contributed by atoms with Gasteiger partial charge in [-0.1, -0.05) is 13.0 Å². The Kier molecular flexibility index (Phi) is 3.97. The van der Waals surface area contributed by atoms with Gasteiger partial charge in [0.25, 0.3) is 5.91 Å². The molecule has 26 heavy (non-hydrogen) atoms. The zero-order valence-electron chi connectivity index (χ0n) is 14.8. The fourth-order valence-electron chi connectivity index (χ4n) is 4.25. The second-order valence-corrected chi connectivity index (χ2v) is 7.65. The van der Waals surface area contributed by atoms with Crippen molar-refractivity contribution in [1.82, 2.24) is 10.2 Å². The molecule has 0 bridgehead atoms. The molecule has 4 rings (SSSR count). The zero-order valence-corrected chi connectivity index (χ0v) is 14.8. The van der Waals surface area contributed by atoms with Gasteiger partial charge in [0.15, 0.2) is 0 Å². The fourth-order valence-corrected chi connectivity index (χ4v) is 4.25. The van der Waals surface area contributed by atoms with Gasteiger partial charge in [0, 0.05) is 12.2 Å². The second kappa shape index (κ2) is 6.07. The number of urea groups is 1. The number of hydrogen-bond donors (Lipinski definition) is 1. The van der Waals surface area contributed by atoms with E-state index in [-0.39, 0.29) is 18.4 Å². The maximum absolute atomic E-state index is 13.5. The van der Waals surface area contributed by atoms with E-state index >= 15 is 0 Å². The van der Waals surface area contributed by atoms with Crippen molar-refractivity contribution in [2.24, 2.45) is 5.92 Å². The largest absolute Gasteiger partial charge is 0.325 e. The van der Waals surface area contributed by atoms with Gasteiger partial charge in [0.2, 0.25) is 5.91 Å². The minimum absolute atomic E-state index is 0.304. The molecule has 6 nitrogen and oxygen atoms in total. The minimum Gasteiger partial charge on any atom is -0.323 e. The number of hydrogen-bond acceptors (Lipinski definition) is 3. The predicted molar refractivity (Wildman–Crippen MR) is 93.1 cm³/mol. The average Bonchev–Trinajstić information content (AvgIpc) is 3.12. The van der Waals surface area contributed by atoms with E-state index in [9.17, 15) is 18.8 Å². The molecule has 2 heterocycles. The molecule has 0 unspecified atom stereocenters. The van der Waals surface area contributed by atoms with E-state index in [1.807, 2.05) is 0 Å². The van der Waals surface area contributed by atoms with Crippen molar-refractivity contribution in [3.63, 3.8) is 0 Å². The van der Waals surface area contributed by atoms with E-state index in [0.29, 0.717) is 37.4 Å². The van der Waals surface area contributed by atoms with Crippen molar-refractivity contribution in [3.05, 3.63) is 29.6 Å². The van der Waals surface area contributed by atoms with Gasteiger partial charge in [-0.2, -0.15) is 0 Å². The normalized spacial score (nSPS) is 27.8. The molecular formula is C19H22FN3O3. The summed E-state index contributed by atoms with van der Waals surface area (Å²) in [7, 11) is 0. The number of fused-ring (bicyclic) bond motifs is 1. The van der Waals surface area contributed by atoms with Crippen LogP contribution in [0, 0.1) is 11.7 Å². The first-order chi connectivity index (χ1) is 12.4. The SMILES string of the molecule is CC1CCC2(CC1)NC(=O)N(CC(=O)N1CCc3ccc(F)cc31)C2=O. The number of imide groups is 1. The maximum atomic E-state index is 13.5. The van der Waals surface area contributed by atoms with Crippen molar-refractivity contribution in [3.8, 4) is 0 Å². The minimum atomic E-state index is -0.848. The summed E-state index contributed by atoms with van der Waals surface area (Å²) >= 11 is 0. The average molecular weight is 359 g/mol. The van der Waals surface area contributed by atoms with Crippen LogP contribution in [0.3, 0.4) is 0 Å². The molecule has 1 N–H and O–H groups in total. The van der Waals surface area contributed by atoms with E-state index in [1.54, 1.807) is 6.07 Å². The summed E-state index contributed by atoms with van der Waals surface area (Å²) in [5.74, 6) is -0.536. The molecular weight excluding hydrogens is 337 g/mol. The van der Waals surface area contributed by atoms with Crippen LogP contribution in [0.4, 0.5) is 14.9 Å². The van der Waals surface area contributed by atoms with Crippen LogP contribution < -0.4 is 10.2 Å². The van der Waals surface area contributed by atoms with E-state index in [2.05, 4.69) is 12.2 Å². The second-order valence-electron chi connectivity index (χ2n) is 7.65. The monoisotopic (exact) mass is 359 g/mol. The Morgan fingerprint density at radius 1 is 1.31 bits per heavy atom. The Labute approximate surface area is 151 Å². The third-order valence-corrected chi connectivity index (χ3v) is 5.91. The van der Waals surface area contributed by atoms with E-state index in [0.717, 1.165) is 23.3 Å². The summed E-state index contributed by atoms with van der Waals surface area (Å²) in [4.78, 5) is 40.4. The molecule has 1 spiro atoms. The maximum Gasteiger partial charge on any atom is 0.325 e. The topological polar surface area (TPSA) is 69.7 Å². The van der Waals surface area contributed by atoms with Gasteiger partial charge in [0.05, 0.1) is 0 Å². The van der Waals surface area contributed by atoms with Crippen LogP contribution in [0.2, 0.25) is 0 Å².